The highest BCUT2D eigenvalue weighted by atomic mass is 19.4. The average molecular weight is 507 g/mol. The summed E-state index contributed by atoms with van der Waals surface area (Å²) in [5, 5.41) is 13.4. The van der Waals surface area contributed by atoms with Crippen LogP contribution in [0.25, 0.3) is 0 Å². The van der Waals surface area contributed by atoms with E-state index in [1.807, 2.05) is 37.3 Å². The number of benzene rings is 2. The molecule has 2 fully saturated rings. The molecule has 2 aliphatic rings. The molecule has 0 radical (unpaired) electrons. The summed E-state index contributed by atoms with van der Waals surface area (Å²) in [7, 11) is 0. The maximum absolute atomic E-state index is 12.9. The van der Waals surface area contributed by atoms with Crippen molar-refractivity contribution in [2.24, 2.45) is 0 Å². The fourth-order valence-corrected chi connectivity index (χ4v) is 4.99. The van der Waals surface area contributed by atoms with Gasteiger partial charge in [-0.25, -0.2) is 0 Å². The molecular formula is C27H33F3N2O4. The van der Waals surface area contributed by atoms with Crippen molar-refractivity contribution in [1.82, 2.24) is 10.2 Å². The number of carbonyl (C=O) groups is 1. The normalized spacial score (nSPS) is 26.4. The van der Waals surface area contributed by atoms with Crippen molar-refractivity contribution in [3.63, 3.8) is 0 Å². The van der Waals surface area contributed by atoms with Gasteiger partial charge in [0.25, 0.3) is 0 Å². The molecule has 0 spiro atoms. The Labute approximate surface area is 209 Å². The quantitative estimate of drug-likeness (QED) is 0.618. The second-order valence-electron chi connectivity index (χ2n) is 9.66. The molecule has 5 atom stereocenters. The average Bonchev–Trinajstić information content (AvgIpc) is 2.83. The van der Waals surface area contributed by atoms with E-state index in [-0.39, 0.29) is 49.8 Å². The molecule has 2 N–H and O–H groups in total. The number of alkyl halides is 3. The Hall–Kier alpha value is -2.46. The third-order valence-corrected chi connectivity index (χ3v) is 6.84. The van der Waals surface area contributed by atoms with Gasteiger partial charge in [-0.2, -0.15) is 13.2 Å². The van der Waals surface area contributed by atoms with E-state index in [2.05, 4.69) is 10.2 Å². The first-order valence-electron chi connectivity index (χ1n) is 12.3. The first kappa shape index (κ1) is 26.6. The third-order valence-electron chi connectivity index (χ3n) is 6.84. The number of carbonyl (C=O) groups excluding carboxylic acids is 1. The SMILES string of the molecule is C[C@@H](NC(=O)C[C@@H]1CC[C@H]2[C@@H](COC[C@H](O)CN2Cc2ccc(C(F)(F)F)cc2)O1)c1ccccc1. The van der Waals surface area contributed by atoms with Gasteiger partial charge in [0.1, 0.15) is 0 Å². The molecule has 2 aliphatic heterocycles. The number of amides is 1. The molecule has 36 heavy (non-hydrogen) atoms. The van der Waals surface area contributed by atoms with Crippen LogP contribution in [0.2, 0.25) is 0 Å². The lowest BCUT2D eigenvalue weighted by Gasteiger charge is -2.44. The van der Waals surface area contributed by atoms with Crippen molar-refractivity contribution in [1.29, 1.82) is 0 Å². The topological polar surface area (TPSA) is 71.0 Å². The van der Waals surface area contributed by atoms with E-state index < -0.39 is 17.8 Å². The van der Waals surface area contributed by atoms with E-state index in [0.29, 0.717) is 19.5 Å². The summed E-state index contributed by atoms with van der Waals surface area (Å²) in [5.41, 5.74) is 1.07. The van der Waals surface area contributed by atoms with Gasteiger partial charge in [-0.05, 0) is 43.0 Å². The molecule has 0 aromatic heterocycles. The number of aliphatic hydroxyl groups excluding tert-OH is 1. The van der Waals surface area contributed by atoms with E-state index in [1.54, 1.807) is 0 Å². The second kappa shape index (κ2) is 11.7. The maximum atomic E-state index is 12.9. The lowest BCUT2D eigenvalue weighted by molar-refractivity contribution is -0.158. The first-order chi connectivity index (χ1) is 17.2. The van der Waals surface area contributed by atoms with Crippen molar-refractivity contribution in [3.05, 3.63) is 71.3 Å². The number of aliphatic hydroxyl groups is 1. The molecular weight excluding hydrogens is 473 g/mol. The summed E-state index contributed by atoms with van der Waals surface area (Å²) in [5.74, 6) is -0.0846. The Kier molecular flexibility index (Phi) is 8.66. The largest absolute Gasteiger partial charge is 0.416 e. The highest BCUT2D eigenvalue weighted by Gasteiger charge is 2.38. The van der Waals surface area contributed by atoms with E-state index in [0.717, 1.165) is 29.7 Å². The Morgan fingerprint density at radius 3 is 2.53 bits per heavy atom. The van der Waals surface area contributed by atoms with Crippen LogP contribution in [0.5, 0.6) is 0 Å². The van der Waals surface area contributed by atoms with Crippen molar-refractivity contribution < 1.29 is 32.5 Å². The number of hydrogen-bond acceptors (Lipinski definition) is 5. The van der Waals surface area contributed by atoms with E-state index >= 15 is 0 Å². The Morgan fingerprint density at radius 2 is 1.83 bits per heavy atom. The summed E-state index contributed by atoms with van der Waals surface area (Å²) in [4.78, 5) is 14.7. The van der Waals surface area contributed by atoms with Crippen LogP contribution in [0.3, 0.4) is 0 Å². The molecule has 0 unspecified atom stereocenters. The molecule has 2 aromatic rings. The van der Waals surface area contributed by atoms with Gasteiger partial charge in [0.15, 0.2) is 0 Å². The molecule has 2 aromatic carbocycles. The van der Waals surface area contributed by atoms with Gasteiger partial charge in [-0.15, -0.1) is 0 Å². The number of rotatable bonds is 6. The Bertz CT molecular complexity index is 987. The Balaban J connectivity index is 1.37. The fourth-order valence-electron chi connectivity index (χ4n) is 4.99. The fraction of sp³-hybridized carbons (Fsp3) is 0.519. The van der Waals surface area contributed by atoms with E-state index in [4.69, 9.17) is 9.47 Å². The molecule has 2 heterocycles. The zero-order valence-corrected chi connectivity index (χ0v) is 20.3. The first-order valence-corrected chi connectivity index (χ1v) is 12.3. The number of ether oxygens (including phenoxy) is 2. The predicted molar refractivity (Wildman–Crippen MR) is 128 cm³/mol. The lowest BCUT2D eigenvalue weighted by atomic mass is 9.94. The van der Waals surface area contributed by atoms with Crippen LogP contribution in [0, 0.1) is 0 Å². The summed E-state index contributed by atoms with van der Waals surface area (Å²) < 4.78 is 50.7. The molecule has 1 amide bonds. The van der Waals surface area contributed by atoms with Crippen LogP contribution in [-0.2, 0) is 27.0 Å². The van der Waals surface area contributed by atoms with Crippen LogP contribution >= 0.6 is 0 Å². The number of halogens is 3. The van der Waals surface area contributed by atoms with Crippen molar-refractivity contribution >= 4 is 5.91 Å². The van der Waals surface area contributed by atoms with Crippen LogP contribution in [0.1, 0.15) is 48.9 Å². The van der Waals surface area contributed by atoms with Gasteiger partial charge in [0.2, 0.25) is 5.91 Å². The Morgan fingerprint density at radius 1 is 1.11 bits per heavy atom. The van der Waals surface area contributed by atoms with Gasteiger partial charge in [0, 0.05) is 19.1 Å². The maximum Gasteiger partial charge on any atom is 0.416 e. The molecule has 0 bridgehead atoms. The van der Waals surface area contributed by atoms with Crippen molar-refractivity contribution in [3.8, 4) is 0 Å². The van der Waals surface area contributed by atoms with Gasteiger partial charge in [0.05, 0.1) is 49.6 Å². The highest BCUT2D eigenvalue weighted by molar-refractivity contribution is 5.77. The van der Waals surface area contributed by atoms with Crippen LogP contribution in [0.4, 0.5) is 13.2 Å². The molecule has 6 nitrogen and oxygen atoms in total. The lowest BCUT2D eigenvalue weighted by Crippen LogP contribution is -2.55. The van der Waals surface area contributed by atoms with Crippen LogP contribution in [-0.4, -0.2) is 60.0 Å². The number of hydrogen-bond donors (Lipinski definition) is 2. The smallest absolute Gasteiger partial charge is 0.389 e. The third kappa shape index (κ3) is 7.06. The number of β-amino-alcohol motifs (C(OH)–C–C–N with tert-alkyl or cyclic N) is 1. The van der Waals surface area contributed by atoms with Crippen LogP contribution in [0.15, 0.2) is 54.6 Å². The minimum atomic E-state index is -4.38. The van der Waals surface area contributed by atoms with Gasteiger partial charge in [-0.3, -0.25) is 9.69 Å². The molecule has 4 rings (SSSR count). The standard InChI is InChI=1S/C27H33F3N2O4/c1-18(20-5-3-2-4-6-20)31-26(34)13-23-11-12-24-25(36-23)17-35-16-22(33)15-32(24)14-19-7-9-21(10-8-19)27(28,29)30/h2-10,18,22-25,33H,11-17H2,1H3,(H,31,34)/t18-,22-,23+,24+,25-/m1/s1. The number of fused-ring (bicyclic) bond motifs is 1. The number of nitrogens with one attached hydrogen (secondary N) is 1. The summed E-state index contributed by atoms with van der Waals surface area (Å²) >= 11 is 0. The van der Waals surface area contributed by atoms with Gasteiger partial charge >= 0.3 is 6.18 Å². The highest BCUT2D eigenvalue weighted by Crippen LogP contribution is 2.31. The van der Waals surface area contributed by atoms with E-state index in [1.165, 1.54) is 12.1 Å². The van der Waals surface area contributed by atoms with Crippen molar-refractivity contribution in [2.45, 2.75) is 69.3 Å². The molecule has 9 heteroatoms. The minimum absolute atomic E-state index is 0.0789. The molecule has 2 saturated heterocycles. The zero-order valence-electron chi connectivity index (χ0n) is 20.3. The summed E-state index contributed by atoms with van der Waals surface area (Å²) in [6.07, 6.45) is -4.01. The predicted octanol–water partition coefficient (Wildman–Crippen LogP) is 4.08. The van der Waals surface area contributed by atoms with Crippen LogP contribution < -0.4 is 5.32 Å². The summed E-state index contributed by atoms with van der Waals surface area (Å²) in [6, 6.07) is 14.7. The van der Waals surface area contributed by atoms with E-state index in [9.17, 15) is 23.1 Å². The van der Waals surface area contributed by atoms with Gasteiger partial charge < -0.3 is 19.9 Å². The molecule has 0 aliphatic carbocycles. The zero-order chi connectivity index (χ0) is 25.7. The van der Waals surface area contributed by atoms with Gasteiger partial charge in [-0.1, -0.05) is 42.5 Å². The number of nitrogens with zero attached hydrogens (tertiary/aromatic N) is 1. The minimum Gasteiger partial charge on any atom is -0.389 e. The monoisotopic (exact) mass is 506 g/mol. The van der Waals surface area contributed by atoms with Crippen molar-refractivity contribution in [2.75, 3.05) is 19.8 Å². The second-order valence-corrected chi connectivity index (χ2v) is 9.66. The molecule has 0 saturated carbocycles. The summed E-state index contributed by atoms with van der Waals surface area (Å²) in [6.45, 7) is 3.09. The molecule has 196 valence electrons.